The van der Waals surface area contributed by atoms with E-state index < -0.39 is 23.4 Å². The summed E-state index contributed by atoms with van der Waals surface area (Å²) >= 11 is 0. The van der Waals surface area contributed by atoms with Crippen LogP contribution in [0.1, 0.15) is 16.7 Å². The number of imide groups is 1. The van der Waals surface area contributed by atoms with Crippen molar-refractivity contribution in [2.45, 2.75) is 13.3 Å². The van der Waals surface area contributed by atoms with E-state index in [9.17, 15) is 18.4 Å². The zero-order chi connectivity index (χ0) is 23.5. The number of methoxy groups -OCH3 is 1. The summed E-state index contributed by atoms with van der Waals surface area (Å²) in [6.07, 6.45) is 0.459. The van der Waals surface area contributed by atoms with Crippen LogP contribution in [0.25, 0.3) is 5.57 Å². The summed E-state index contributed by atoms with van der Waals surface area (Å²) in [6, 6.07) is 17.8. The fraction of sp³-hybridized carbons (Fsp3) is 0.154. The molecule has 3 aromatic carbocycles. The highest BCUT2D eigenvalue weighted by Crippen LogP contribution is 2.31. The lowest BCUT2D eigenvalue weighted by Crippen LogP contribution is -2.34. The topological polar surface area (TPSA) is 58.6 Å². The Morgan fingerprint density at radius 2 is 1.58 bits per heavy atom. The number of aryl methyl sites for hydroxylation is 1. The first-order chi connectivity index (χ1) is 15.9. The first kappa shape index (κ1) is 22.2. The van der Waals surface area contributed by atoms with Crippen LogP contribution in [0.5, 0.6) is 5.75 Å². The number of amides is 2. The number of rotatable bonds is 7. The Morgan fingerprint density at radius 1 is 0.879 bits per heavy atom. The van der Waals surface area contributed by atoms with Gasteiger partial charge in [0, 0.05) is 18.3 Å². The number of ether oxygens (including phenoxy) is 1. The minimum absolute atomic E-state index is 0.0320. The molecule has 0 spiro atoms. The van der Waals surface area contributed by atoms with Gasteiger partial charge in [0.1, 0.15) is 11.4 Å². The summed E-state index contributed by atoms with van der Waals surface area (Å²) in [5.74, 6) is -2.29. The maximum atomic E-state index is 13.7. The molecule has 0 unspecified atom stereocenters. The molecule has 0 saturated heterocycles. The van der Waals surface area contributed by atoms with Gasteiger partial charge in [0.2, 0.25) is 0 Å². The van der Waals surface area contributed by atoms with Crippen molar-refractivity contribution in [1.29, 1.82) is 0 Å². The van der Waals surface area contributed by atoms with Gasteiger partial charge in [-0.15, -0.1) is 0 Å². The molecule has 1 N–H and O–H groups in total. The fourth-order valence-electron chi connectivity index (χ4n) is 3.63. The minimum atomic E-state index is -1.05. The predicted octanol–water partition coefficient (Wildman–Crippen LogP) is 4.72. The Bertz CT molecular complexity index is 1240. The molecule has 1 aliphatic rings. The second-order valence-corrected chi connectivity index (χ2v) is 7.73. The van der Waals surface area contributed by atoms with E-state index in [1.54, 1.807) is 19.2 Å². The number of hydrogen-bond acceptors (Lipinski definition) is 4. The van der Waals surface area contributed by atoms with Crippen LogP contribution in [0, 0.1) is 18.6 Å². The first-order valence-corrected chi connectivity index (χ1v) is 10.4. The zero-order valence-electron chi connectivity index (χ0n) is 18.2. The van der Waals surface area contributed by atoms with Crippen molar-refractivity contribution >= 4 is 23.1 Å². The van der Waals surface area contributed by atoms with E-state index in [4.69, 9.17) is 4.74 Å². The van der Waals surface area contributed by atoms with Crippen LogP contribution in [0.4, 0.5) is 14.5 Å². The maximum absolute atomic E-state index is 13.7. The van der Waals surface area contributed by atoms with Gasteiger partial charge in [-0.3, -0.25) is 14.5 Å². The molecule has 5 nitrogen and oxygen atoms in total. The van der Waals surface area contributed by atoms with Crippen molar-refractivity contribution in [3.05, 3.63) is 101 Å². The first-order valence-electron chi connectivity index (χ1n) is 10.4. The monoisotopic (exact) mass is 448 g/mol. The predicted molar refractivity (Wildman–Crippen MR) is 121 cm³/mol. The molecule has 168 valence electrons. The van der Waals surface area contributed by atoms with Gasteiger partial charge < -0.3 is 10.1 Å². The van der Waals surface area contributed by atoms with E-state index in [-0.39, 0.29) is 23.5 Å². The molecule has 4 rings (SSSR count). The van der Waals surface area contributed by atoms with Crippen LogP contribution in [-0.4, -0.2) is 30.4 Å². The number of carbonyl (C=O) groups excluding carboxylic acids is 2. The van der Waals surface area contributed by atoms with Crippen LogP contribution in [-0.2, 0) is 16.0 Å². The van der Waals surface area contributed by atoms with E-state index in [1.807, 2.05) is 43.3 Å². The lowest BCUT2D eigenvalue weighted by Gasteiger charge is -2.15. The second-order valence-electron chi connectivity index (χ2n) is 7.73. The molecule has 7 heteroatoms. The number of halogens is 2. The van der Waals surface area contributed by atoms with Gasteiger partial charge in [0.05, 0.1) is 12.7 Å². The van der Waals surface area contributed by atoms with E-state index in [0.29, 0.717) is 17.7 Å². The number of benzene rings is 3. The normalized spacial score (nSPS) is 13.6. The van der Waals surface area contributed by atoms with Gasteiger partial charge >= 0.3 is 0 Å². The quantitative estimate of drug-likeness (QED) is 0.532. The van der Waals surface area contributed by atoms with Gasteiger partial charge in [-0.25, -0.2) is 8.78 Å². The standard InChI is InChI=1S/C26H22F2N2O3/c1-16-3-7-18(8-4-16)23-24(29-19-9-12-21(27)22(28)15-19)26(32)30(25(23)31)14-13-17-5-10-20(33-2)11-6-17/h3-12,15,29H,13-14H2,1-2H3. The summed E-state index contributed by atoms with van der Waals surface area (Å²) < 4.78 is 32.2. The lowest BCUT2D eigenvalue weighted by molar-refractivity contribution is -0.136. The van der Waals surface area contributed by atoms with Crippen LogP contribution in [0.15, 0.2) is 72.4 Å². The van der Waals surface area contributed by atoms with Crippen molar-refractivity contribution in [1.82, 2.24) is 4.90 Å². The van der Waals surface area contributed by atoms with Crippen molar-refractivity contribution < 1.29 is 23.1 Å². The summed E-state index contributed by atoms with van der Waals surface area (Å²) in [5.41, 5.74) is 2.91. The highest BCUT2D eigenvalue weighted by atomic mass is 19.2. The average Bonchev–Trinajstić information content (AvgIpc) is 3.04. The average molecular weight is 448 g/mol. The van der Waals surface area contributed by atoms with Crippen molar-refractivity contribution in [3.8, 4) is 5.75 Å². The number of nitrogens with zero attached hydrogens (tertiary/aromatic N) is 1. The fourth-order valence-corrected chi connectivity index (χ4v) is 3.63. The molecule has 33 heavy (non-hydrogen) atoms. The third-order valence-corrected chi connectivity index (χ3v) is 5.48. The molecule has 0 saturated carbocycles. The third kappa shape index (κ3) is 4.62. The molecule has 1 heterocycles. The van der Waals surface area contributed by atoms with Gasteiger partial charge in [-0.05, 0) is 48.7 Å². The highest BCUT2D eigenvalue weighted by Gasteiger charge is 2.39. The maximum Gasteiger partial charge on any atom is 0.278 e. The third-order valence-electron chi connectivity index (χ3n) is 5.48. The summed E-state index contributed by atoms with van der Waals surface area (Å²) in [7, 11) is 1.58. The largest absolute Gasteiger partial charge is 0.497 e. The van der Waals surface area contributed by atoms with Crippen molar-refractivity contribution in [2.24, 2.45) is 0 Å². The molecule has 0 aliphatic carbocycles. The number of carbonyl (C=O) groups is 2. The van der Waals surface area contributed by atoms with Gasteiger partial charge in [0.25, 0.3) is 11.8 Å². The molecule has 0 atom stereocenters. The van der Waals surface area contributed by atoms with E-state index in [0.717, 1.165) is 23.3 Å². The molecule has 0 bridgehead atoms. The number of nitrogens with one attached hydrogen (secondary N) is 1. The Balaban J connectivity index is 1.64. The lowest BCUT2D eigenvalue weighted by atomic mass is 10.0. The van der Waals surface area contributed by atoms with Gasteiger partial charge in [-0.2, -0.15) is 0 Å². The SMILES string of the molecule is COc1ccc(CCN2C(=O)C(Nc3ccc(F)c(F)c3)=C(c3ccc(C)cc3)C2=O)cc1. The molecule has 0 fully saturated rings. The molecular formula is C26H22F2N2O3. The van der Waals surface area contributed by atoms with Crippen molar-refractivity contribution in [3.63, 3.8) is 0 Å². The molecule has 0 radical (unpaired) electrons. The van der Waals surface area contributed by atoms with Crippen LogP contribution < -0.4 is 10.1 Å². The molecule has 0 aromatic heterocycles. The van der Waals surface area contributed by atoms with Gasteiger partial charge in [0.15, 0.2) is 11.6 Å². The van der Waals surface area contributed by atoms with Gasteiger partial charge in [-0.1, -0.05) is 42.0 Å². The van der Waals surface area contributed by atoms with Crippen LogP contribution in [0.2, 0.25) is 0 Å². The Morgan fingerprint density at radius 3 is 2.21 bits per heavy atom. The minimum Gasteiger partial charge on any atom is -0.497 e. The zero-order valence-corrected chi connectivity index (χ0v) is 18.2. The summed E-state index contributed by atoms with van der Waals surface area (Å²) in [5, 5.41) is 2.84. The smallest absolute Gasteiger partial charge is 0.278 e. The van der Waals surface area contributed by atoms with E-state index >= 15 is 0 Å². The summed E-state index contributed by atoms with van der Waals surface area (Å²) in [6.45, 7) is 2.09. The molecule has 2 amide bonds. The molecule has 1 aliphatic heterocycles. The molecule has 3 aromatic rings. The number of anilines is 1. The van der Waals surface area contributed by atoms with Crippen LogP contribution in [0.3, 0.4) is 0 Å². The Hall–Kier alpha value is -4.00. The Kier molecular flexibility index (Phi) is 6.22. The van der Waals surface area contributed by atoms with Crippen molar-refractivity contribution in [2.75, 3.05) is 19.0 Å². The van der Waals surface area contributed by atoms with E-state index in [1.165, 1.54) is 11.0 Å². The summed E-state index contributed by atoms with van der Waals surface area (Å²) in [4.78, 5) is 27.7. The molecular weight excluding hydrogens is 426 g/mol. The highest BCUT2D eigenvalue weighted by molar-refractivity contribution is 6.36. The number of hydrogen-bond donors (Lipinski definition) is 1. The van der Waals surface area contributed by atoms with Crippen LogP contribution >= 0.6 is 0 Å². The van der Waals surface area contributed by atoms with E-state index in [2.05, 4.69) is 5.32 Å². The second kappa shape index (κ2) is 9.24. The Labute approximate surface area is 190 Å².